The van der Waals surface area contributed by atoms with Crippen molar-refractivity contribution in [2.75, 3.05) is 0 Å². The second-order valence-corrected chi connectivity index (χ2v) is 4.51. The van der Waals surface area contributed by atoms with E-state index in [-0.39, 0.29) is 0 Å². The summed E-state index contributed by atoms with van der Waals surface area (Å²) in [4.78, 5) is 0. The van der Waals surface area contributed by atoms with Crippen molar-refractivity contribution < 1.29 is 0 Å². The molecule has 0 radical (unpaired) electrons. The van der Waals surface area contributed by atoms with Gasteiger partial charge < -0.3 is 0 Å². The summed E-state index contributed by atoms with van der Waals surface area (Å²) in [6.07, 6.45) is 4.10. The van der Waals surface area contributed by atoms with Crippen molar-refractivity contribution in [3.63, 3.8) is 0 Å². The van der Waals surface area contributed by atoms with Crippen LogP contribution in [0, 0.1) is 5.41 Å². The Morgan fingerprint density at radius 3 is 2.46 bits per heavy atom. The standard InChI is InChI=1S/C13H18/c1-3-13(2)10-9-12(13)11-7-5-4-6-8-11/h4-8,12H,3,9-10H2,1-2H3. The molecule has 1 fully saturated rings. The Morgan fingerprint density at radius 2 is 2.00 bits per heavy atom. The van der Waals surface area contributed by atoms with Crippen molar-refractivity contribution in [3.8, 4) is 0 Å². The first-order valence-electron chi connectivity index (χ1n) is 5.31. The van der Waals surface area contributed by atoms with E-state index in [1.54, 1.807) is 0 Å². The summed E-state index contributed by atoms with van der Waals surface area (Å²) in [5.74, 6) is 0.818. The highest BCUT2D eigenvalue weighted by atomic mass is 14.5. The molecule has 2 rings (SSSR count). The maximum absolute atomic E-state index is 2.42. The van der Waals surface area contributed by atoms with Gasteiger partial charge in [0.25, 0.3) is 0 Å². The predicted molar refractivity (Wildman–Crippen MR) is 56.8 cm³/mol. The molecular formula is C13H18. The van der Waals surface area contributed by atoms with Gasteiger partial charge in [0.1, 0.15) is 0 Å². The number of benzene rings is 1. The van der Waals surface area contributed by atoms with Crippen LogP contribution in [-0.4, -0.2) is 0 Å². The molecule has 1 saturated carbocycles. The Hall–Kier alpha value is -0.780. The molecule has 1 aromatic carbocycles. The first kappa shape index (κ1) is 8.80. The van der Waals surface area contributed by atoms with Crippen molar-refractivity contribution in [1.82, 2.24) is 0 Å². The highest BCUT2D eigenvalue weighted by Crippen LogP contribution is 2.54. The maximum Gasteiger partial charge on any atom is -0.0108 e. The van der Waals surface area contributed by atoms with Gasteiger partial charge in [-0.2, -0.15) is 0 Å². The Balaban J connectivity index is 2.20. The van der Waals surface area contributed by atoms with E-state index in [1.807, 2.05) is 0 Å². The van der Waals surface area contributed by atoms with Crippen molar-refractivity contribution >= 4 is 0 Å². The number of rotatable bonds is 2. The van der Waals surface area contributed by atoms with Crippen LogP contribution in [0.1, 0.15) is 44.6 Å². The number of hydrogen-bond acceptors (Lipinski definition) is 0. The van der Waals surface area contributed by atoms with Gasteiger partial charge in [0.2, 0.25) is 0 Å². The minimum Gasteiger partial charge on any atom is -0.0648 e. The smallest absolute Gasteiger partial charge is 0.0108 e. The Morgan fingerprint density at radius 1 is 1.31 bits per heavy atom. The van der Waals surface area contributed by atoms with E-state index < -0.39 is 0 Å². The fourth-order valence-electron chi connectivity index (χ4n) is 2.46. The maximum atomic E-state index is 2.42. The fraction of sp³-hybridized carbons (Fsp3) is 0.538. The van der Waals surface area contributed by atoms with E-state index in [4.69, 9.17) is 0 Å². The molecule has 0 heteroatoms. The van der Waals surface area contributed by atoms with Gasteiger partial charge in [-0.25, -0.2) is 0 Å². The fourth-order valence-corrected chi connectivity index (χ4v) is 2.46. The molecule has 1 aliphatic rings. The van der Waals surface area contributed by atoms with Gasteiger partial charge in [-0.3, -0.25) is 0 Å². The van der Waals surface area contributed by atoms with Crippen LogP contribution in [0.15, 0.2) is 30.3 Å². The van der Waals surface area contributed by atoms with Crippen LogP contribution in [0.4, 0.5) is 0 Å². The summed E-state index contributed by atoms with van der Waals surface area (Å²) in [7, 11) is 0. The third kappa shape index (κ3) is 1.39. The molecule has 0 nitrogen and oxygen atoms in total. The molecule has 0 amide bonds. The van der Waals surface area contributed by atoms with Gasteiger partial charge in [-0.05, 0) is 29.7 Å². The van der Waals surface area contributed by atoms with E-state index in [1.165, 1.54) is 24.8 Å². The average molecular weight is 174 g/mol. The number of hydrogen-bond donors (Lipinski definition) is 0. The monoisotopic (exact) mass is 174 g/mol. The molecule has 13 heavy (non-hydrogen) atoms. The zero-order valence-electron chi connectivity index (χ0n) is 8.59. The lowest BCUT2D eigenvalue weighted by Gasteiger charge is -2.47. The molecule has 1 aliphatic carbocycles. The third-order valence-corrected chi connectivity index (χ3v) is 3.86. The summed E-state index contributed by atoms with van der Waals surface area (Å²) < 4.78 is 0. The molecule has 0 aromatic heterocycles. The normalized spacial score (nSPS) is 32.6. The second-order valence-electron chi connectivity index (χ2n) is 4.51. The van der Waals surface area contributed by atoms with E-state index >= 15 is 0 Å². The van der Waals surface area contributed by atoms with E-state index in [0.29, 0.717) is 5.41 Å². The lowest BCUT2D eigenvalue weighted by Crippen LogP contribution is -2.34. The quantitative estimate of drug-likeness (QED) is 0.636. The molecule has 70 valence electrons. The predicted octanol–water partition coefficient (Wildman–Crippen LogP) is 3.98. The zero-order chi connectivity index (χ0) is 9.31. The molecule has 0 bridgehead atoms. The summed E-state index contributed by atoms with van der Waals surface area (Å²) in [5, 5.41) is 0. The van der Waals surface area contributed by atoms with Crippen molar-refractivity contribution in [2.45, 2.75) is 39.0 Å². The molecule has 2 unspecified atom stereocenters. The Labute approximate surface area is 81.0 Å². The van der Waals surface area contributed by atoms with Crippen LogP contribution < -0.4 is 0 Å². The summed E-state index contributed by atoms with van der Waals surface area (Å²) >= 11 is 0. The first-order chi connectivity index (χ1) is 6.26. The zero-order valence-corrected chi connectivity index (χ0v) is 8.59. The van der Waals surface area contributed by atoms with Gasteiger partial charge in [0.05, 0.1) is 0 Å². The Kier molecular flexibility index (Phi) is 2.15. The average Bonchev–Trinajstić information content (AvgIpc) is 2.17. The summed E-state index contributed by atoms with van der Waals surface area (Å²) in [5.41, 5.74) is 2.12. The van der Waals surface area contributed by atoms with E-state index in [2.05, 4.69) is 44.2 Å². The van der Waals surface area contributed by atoms with Gasteiger partial charge in [-0.15, -0.1) is 0 Å². The molecule has 0 spiro atoms. The highest BCUT2D eigenvalue weighted by Gasteiger charge is 2.41. The first-order valence-corrected chi connectivity index (χ1v) is 5.31. The SMILES string of the molecule is CCC1(C)CCC1c1ccccc1. The molecule has 0 N–H and O–H groups in total. The van der Waals surface area contributed by atoms with Crippen LogP contribution in [0.2, 0.25) is 0 Å². The minimum absolute atomic E-state index is 0.585. The Bertz CT molecular complexity index is 271. The van der Waals surface area contributed by atoms with Gasteiger partial charge in [-0.1, -0.05) is 50.6 Å². The molecular weight excluding hydrogens is 156 g/mol. The van der Waals surface area contributed by atoms with Crippen LogP contribution in [0.5, 0.6) is 0 Å². The summed E-state index contributed by atoms with van der Waals surface area (Å²) in [6.45, 7) is 4.74. The highest BCUT2D eigenvalue weighted by molar-refractivity contribution is 5.24. The van der Waals surface area contributed by atoms with Crippen LogP contribution >= 0.6 is 0 Å². The molecule has 2 atom stereocenters. The van der Waals surface area contributed by atoms with Crippen LogP contribution in [-0.2, 0) is 0 Å². The van der Waals surface area contributed by atoms with Crippen LogP contribution in [0.25, 0.3) is 0 Å². The largest absolute Gasteiger partial charge is 0.0648 e. The topological polar surface area (TPSA) is 0 Å². The van der Waals surface area contributed by atoms with Gasteiger partial charge in [0, 0.05) is 0 Å². The van der Waals surface area contributed by atoms with Crippen molar-refractivity contribution in [1.29, 1.82) is 0 Å². The van der Waals surface area contributed by atoms with Crippen molar-refractivity contribution in [3.05, 3.63) is 35.9 Å². The lowest BCUT2D eigenvalue weighted by atomic mass is 9.57. The second kappa shape index (κ2) is 3.17. The molecule has 1 aromatic rings. The molecule has 0 saturated heterocycles. The minimum atomic E-state index is 0.585. The lowest BCUT2D eigenvalue weighted by molar-refractivity contribution is 0.108. The van der Waals surface area contributed by atoms with Gasteiger partial charge >= 0.3 is 0 Å². The van der Waals surface area contributed by atoms with Crippen molar-refractivity contribution in [2.24, 2.45) is 5.41 Å². The molecule has 0 aliphatic heterocycles. The summed E-state index contributed by atoms with van der Waals surface area (Å²) in [6, 6.07) is 11.0. The third-order valence-electron chi connectivity index (χ3n) is 3.86. The van der Waals surface area contributed by atoms with E-state index in [9.17, 15) is 0 Å². The molecule has 0 heterocycles. The van der Waals surface area contributed by atoms with E-state index in [0.717, 1.165) is 5.92 Å². The van der Waals surface area contributed by atoms with Crippen LogP contribution in [0.3, 0.4) is 0 Å². The van der Waals surface area contributed by atoms with Gasteiger partial charge in [0.15, 0.2) is 0 Å².